The molecule has 2 aromatic rings. The fourth-order valence-corrected chi connectivity index (χ4v) is 3.67. The van der Waals surface area contributed by atoms with E-state index < -0.39 is 0 Å². The SMILES string of the molecule is Cc1sc(C2CCNCC2)nc1-c1ccccc1F. The van der Waals surface area contributed by atoms with E-state index in [1.54, 1.807) is 17.4 Å². The third-order valence-corrected chi connectivity index (χ3v) is 4.76. The minimum Gasteiger partial charge on any atom is -0.317 e. The smallest absolute Gasteiger partial charge is 0.132 e. The Morgan fingerprint density at radius 1 is 1.26 bits per heavy atom. The first-order chi connectivity index (χ1) is 9.25. The van der Waals surface area contributed by atoms with E-state index in [1.807, 2.05) is 19.1 Å². The molecule has 1 N–H and O–H groups in total. The molecule has 0 saturated carbocycles. The Hall–Kier alpha value is -1.26. The highest BCUT2D eigenvalue weighted by Gasteiger charge is 2.21. The van der Waals surface area contributed by atoms with Gasteiger partial charge in [-0.3, -0.25) is 0 Å². The Balaban J connectivity index is 1.95. The number of aryl methyl sites for hydroxylation is 1. The molecule has 1 saturated heterocycles. The summed E-state index contributed by atoms with van der Waals surface area (Å²) in [6.45, 7) is 4.14. The van der Waals surface area contributed by atoms with Gasteiger partial charge in [-0.2, -0.15) is 0 Å². The van der Waals surface area contributed by atoms with Crippen molar-refractivity contribution in [3.63, 3.8) is 0 Å². The number of piperidine rings is 1. The van der Waals surface area contributed by atoms with Gasteiger partial charge in [-0.1, -0.05) is 12.1 Å². The van der Waals surface area contributed by atoms with E-state index in [2.05, 4.69) is 5.32 Å². The second-order valence-electron chi connectivity index (χ2n) is 4.96. The topological polar surface area (TPSA) is 24.9 Å². The minimum atomic E-state index is -0.187. The van der Waals surface area contributed by atoms with E-state index in [4.69, 9.17) is 4.98 Å². The Morgan fingerprint density at radius 2 is 2.00 bits per heavy atom. The van der Waals surface area contributed by atoms with Crippen LogP contribution in [-0.2, 0) is 0 Å². The van der Waals surface area contributed by atoms with Crippen molar-refractivity contribution in [1.82, 2.24) is 10.3 Å². The molecule has 0 spiro atoms. The van der Waals surface area contributed by atoms with Gasteiger partial charge in [-0.25, -0.2) is 9.37 Å². The standard InChI is InChI=1S/C15H17FN2S/c1-10-14(12-4-2-3-5-13(12)16)18-15(19-10)11-6-8-17-9-7-11/h2-5,11,17H,6-9H2,1H3. The lowest BCUT2D eigenvalue weighted by molar-refractivity contribution is 0.459. The van der Waals surface area contributed by atoms with Gasteiger partial charge in [0, 0.05) is 16.4 Å². The first-order valence-corrected chi connectivity index (χ1v) is 7.50. The summed E-state index contributed by atoms with van der Waals surface area (Å²) in [5.74, 6) is 0.346. The monoisotopic (exact) mass is 276 g/mol. The van der Waals surface area contributed by atoms with Crippen LogP contribution in [0.4, 0.5) is 4.39 Å². The molecular weight excluding hydrogens is 259 g/mol. The predicted molar refractivity (Wildman–Crippen MR) is 77.1 cm³/mol. The van der Waals surface area contributed by atoms with Crippen molar-refractivity contribution >= 4 is 11.3 Å². The molecule has 1 aliphatic heterocycles. The van der Waals surface area contributed by atoms with Crippen LogP contribution in [0.2, 0.25) is 0 Å². The van der Waals surface area contributed by atoms with Gasteiger partial charge in [0.05, 0.1) is 10.7 Å². The summed E-state index contributed by atoms with van der Waals surface area (Å²) in [6.07, 6.45) is 2.26. The largest absolute Gasteiger partial charge is 0.317 e. The highest BCUT2D eigenvalue weighted by atomic mass is 32.1. The van der Waals surface area contributed by atoms with Crippen molar-refractivity contribution in [1.29, 1.82) is 0 Å². The summed E-state index contributed by atoms with van der Waals surface area (Å²) in [7, 11) is 0. The maximum absolute atomic E-state index is 13.9. The Labute approximate surface area is 116 Å². The highest BCUT2D eigenvalue weighted by molar-refractivity contribution is 7.12. The summed E-state index contributed by atoms with van der Waals surface area (Å²) in [5, 5.41) is 4.53. The Morgan fingerprint density at radius 3 is 2.74 bits per heavy atom. The number of aromatic nitrogens is 1. The molecule has 0 unspecified atom stereocenters. The van der Waals surface area contributed by atoms with Crippen LogP contribution in [0, 0.1) is 12.7 Å². The molecule has 2 heterocycles. The van der Waals surface area contributed by atoms with Gasteiger partial charge in [-0.15, -0.1) is 11.3 Å². The number of rotatable bonds is 2. The van der Waals surface area contributed by atoms with Crippen LogP contribution < -0.4 is 5.32 Å². The van der Waals surface area contributed by atoms with Crippen molar-refractivity contribution in [2.75, 3.05) is 13.1 Å². The van der Waals surface area contributed by atoms with Gasteiger partial charge in [-0.05, 0) is 45.0 Å². The summed E-state index contributed by atoms with van der Waals surface area (Å²) in [4.78, 5) is 5.83. The van der Waals surface area contributed by atoms with E-state index in [0.717, 1.165) is 41.5 Å². The zero-order valence-corrected chi connectivity index (χ0v) is 11.8. The minimum absolute atomic E-state index is 0.187. The second-order valence-corrected chi connectivity index (χ2v) is 6.20. The van der Waals surface area contributed by atoms with E-state index in [1.165, 1.54) is 6.07 Å². The normalized spacial score (nSPS) is 16.7. The van der Waals surface area contributed by atoms with Crippen LogP contribution in [0.25, 0.3) is 11.3 Å². The Kier molecular flexibility index (Phi) is 3.62. The van der Waals surface area contributed by atoms with Crippen molar-refractivity contribution < 1.29 is 4.39 Å². The average molecular weight is 276 g/mol. The van der Waals surface area contributed by atoms with E-state index in [0.29, 0.717) is 11.5 Å². The number of benzene rings is 1. The molecule has 0 atom stereocenters. The third-order valence-electron chi connectivity index (χ3n) is 3.63. The zero-order chi connectivity index (χ0) is 13.2. The number of hydrogen-bond donors (Lipinski definition) is 1. The summed E-state index contributed by atoms with van der Waals surface area (Å²) < 4.78 is 13.9. The zero-order valence-electron chi connectivity index (χ0n) is 10.9. The van der Waals surface area contributed by atoms with Crippen LogP contribution in [-0.4, -0.2) is 18.1 Å². The molecule has 3 rings (SSSR count). The van der Waals surface area contributed by atoms with Gasteiger partial charge in [0.25, 0.3) is 0 Å². The summed E-state index contributed by atoms with van der Waals surface area (Å²) in [5.41, 5.74) is 1.44. The van der Waals surface area contributed by atoms with Crippen LogP contribution in [0.5, 0.6) is 0 Å². The van der Waals surface area contributed by atoms with E-state index in [9.17, 15) is 4.39 Å². The molecular formula is C15H17FN2S. The first kappa shape index (κ1) is 12.8. The van der Waals surface area contributed by atoms with Crippen molar-refractivity contribution in [2.24, 2.45) is 0 Å². The maximum Gasteiger partial charge on any atom is 0.132 e. The average Bonchev–Trinajstić information content (AvgIpc) is 2.82. The molecule has 1 aliphatic rings. The molecule has 1 aromatic carbocycles. The highest BCUT2D eigenvalue weighted by Crippen LogP contribution is 2.35. The molecule has 0 radical (unpaired) electrons. The lowest BCUT2D eigenvalue weighted by Gasteiger charge is -2.20. The molecule has 0 bridgehead atoms. The van der Waals surface area contributed by atoms with Crippen molar-refractivity contribution in [3.8, 4) is 11.3 Å². The van der Waals surface area contributed by atoms with Crippen LogP contribution in [0.3, 0.4) is 0 Å². The molecule has 1 aromatic heterocycles. The lowest BCUT2D eigenvalue weighted by atomic mass is 9.99. The molecule has 0 amide bonds. The number of nitrogens with zero attached hydrogens (tertiary/aromatic N) is 1. The number of hydrogen-bond acceptors (Lipinski definition) is 3. The molecule has 2 nitrogen and oxygen atoms in total. The molecule has 19 heavy (non-hydrogen) atoms. The molecule has 4 heteroatoms. The van der Waals surface area contributed by atoms with Crippen LogP contribution >= 0.6 is 11.3 Å². The van der Waals surface area contributed by atoms with Gasteiger partial charge >= 0.3 is 0 Å². The number of halogens is 1. The number of nitrogens with one attached hydrogen (secondary N) is 1. The quantitative estimate of drug-likeness (QED) is 0.904. The predicted octanol–water partition coefficient (Wildman–Crippen LogP) is 3.72. The second kappa shape index (κ2) is 5.39. The van der Waals surface area contributed by atoms with Gasteiger partial charge in [0.1, 0.15) is 5.82 Å². The third kappa shape index (κ3) is 2.55. The Bertz CT molecular complexity index is 573. The fraction of sp³-hybridized carbons (Fsp3) is 0.400. The summed E-state index contributed by atoms with van der Waals surface area (Å²) >= 11 is 1.72. The van der Waals surface area contributed by atoms with Gasteiger partial charge in [0.2, 0.25) is 0 Å². The molecule has 100 valence electrons. The van der Waals surface area contributed by atoms with E-state index in [-0.39, 0.29) is 5.82 Å². The summed E-state index contributed by atoms with van der Waals surface area (Å²) in [6, 6.07) is 6.89. The number of thiazole rings is 1. The van der Waals surface area contributed by atoms with Crippen LogP contribution in [0.1, 0.15) is 28.6 Å². The van der Waals surface area contributed by atoms with E-state index >= 15 is 0 Å². The lowest BCUT2D eigenvalue weighted by Crippen LogP contribution is -2.26. The van der Waals surface area contributed by atoms with Gasteiger partial charge < -0.3 is 5.32 Å². The van der Waals surface area contributed by atoms with Crippen LogP contribution in [0.15, 0.2) is 24.3 Å². The molecule has 1 fully saturated rings. The fourth-order valence-electron chi connectivity index (χ4n) is 2.56. The van der Waals surface area contributed by atoms with Gasteiger partial charge in [0.15, 0.2) is 0 Å². The molecule has 0 aliphatic carbocycles. The maximum atomic E-state index is 13.9. The van der Waals surface area contributed by atoms with Crippen molar-refractivity contribution in [2.45, 2.75) is 25.7 Å². The first-order valence-electron chi connectivity index (χ1n) is 6.68. The van der Waals surface area contributed by atoms with Crippen molar-refractivity contribution in [3.05, 3.63) is 40.0 Å².